The first-order valence-corrected chi connectivity index (χ1v) is 9.82. The quantitative estimate of drug-likeness (QED) is 0.685. The van der Waals surface area contributed by atoms with Crippen molar-refractivity contribution in [2.75, 3.05) is 18.0 Å². The van der Waals surface area contributed by atoms with Crippen molar-refractivity contribution < 1.29 is 13.6 Å². The number of amides is 1. The molecule has 2 aromatic heterocycles. The summed E-state index contributed by atoms with van der Waals surface area (Å²) in [6, 6.07) is 4.90. The normalized spacial score (nSPS) is 16.8. The molecule has 0 spiro atoms. The standard InChI is InChI=1S/C20H22F2N6O2/c1-13-3-2-7-26(11-13)17-6-8-27-19(24-17)25-28(20(27)30)12-18(29)23-10-14-4-5-15(21)9-16(14)22/h4-6,8-9,13H,2-3,7,10-12H2,1H3,(H,23,29)/t13-/m1/s1. The highest BCUT2D eigenvalue weighted by Crippen LogP contribution is 2.21. The Hall–Kier alpha value is -3.30. The molecule has 0 saturated carbocycles. The SMILES string of the molecule is C[C@@H]1CCCN(c2ccn3c(=O)n(CC(=O)NCc4ccc(F)cc4F)nc3n2)C1. The number of aromatic nitrogens is 4. The number of hydrogen-bond donors (Lipinski definition) is 1. The average molecular weight is 416 g/mol. The van der Waals surface area contributed by atoms with Crippen molar-refractivity contribution in [3.05, 3.63) is 58.1 Å². The van der Waals surface area contributed by atoms with Gasteiger partial charge in [0, 0.05) is 37.5 Å². The first kappa shape index (κ1) is 20.0. The van der Waals surface area contributed by atoms with Gasteiger partial charge < -0.3 is 10.2 Å². The molecule has 0 radical (unpaired) electrons. The van der Waals surface area contributed by atoms with E-state index in [9.17, 15) is 18.4 Å². The molecule has 8 nitrogen and oxygen atoms in total. The number of nitrogens with one attached hydrogen (secondary N) is 1. The summed E-state index contributed by atoms with van der Waals surface area (Å²) in [7, 11) is 0. The Morgan fingerprint density at radius 2 is 2.13 bits per heavy atom. The molecule has 0 bridgehead atoms. The maximum absolute atomic E-state index is 13.7. The van der Waals surface area contributed by atoms with E-state index in [-0.39, 0.29) is 24.4 Å². The highest BCUT2D eigenvalue weighted by molar-refractivity contribution is 5.75. The fourth-order valence-corrected chi connectivity index (χ4v) is 3.62. The van der Waals surface area contributed by atoms with Crippen LogP contribution in [0.2, 0.25) is 0 Å². The molecule has 1 saturated heterocycles. The molecular formula is C20H22F2N6O2. The Bertz CT molecular complexity index is 1140. The molecule has 1 aromatic carbocycles. The Kier molecular flexibility index (Phi) is 5.47. The lowest BCUT2D eigenvalue weighted by Gasteiger charge is -2.31. The summed E-state index contributed by atoms with van der Waals surface area (Å²) in [6.45, 7) is 3.54. The molecule has 3 aromatic rings. The van der Waals surface area contributed by atoms with Crippen LogP contribution in [0.25, 0.3) is 5.78 Å². The van der Waals surface area contributed by atoms with Crippen LogP contribution in [0.3, 0.4) is 0 Å². The third kappa shape index (κ3) is 4.17. The van der Waals surface area contributed by atoms with Crippen molar-refractivity contribution in [2.45, 2.75) is 32.9 Å². The zero-order valence-corrected chi connectivity index (χ0v) is 16.5. The second-order valence-corrected chi connectivity index (χ2v) is 7.60. The van der Waals surface area contributed by atoms with Crippen molar-refractivity contribution in [2.24, 2.45) is 5.92 Å². The highest BCUT2D eigenvalue weighted by atomic mass is 19.1. The monoisotopic (exact) mass is 416 g/mol. The maximum atomic E-state index is 13.7. The number of anilines is 1. The molecular weight excluding hydrogens is 394 g/mol. The van der Waals surface area contributed by atoms with Crippen LogP contribution in [0.1, 0.15) is 25.3 Å². The number of rotatable bonds is 5. The molecule has 158 valence electrons. The zero-order chi connectivity index (χ0) is 21.3. The second kappa shape index (κ2) is 8.21. The van der Waals surface area contributed by atoms with Gasteiger partial charge in [0.1, 0.15) is 24.0 Å². The van der Waals surface area contributed by atoms with Crippen molar-refractivity contribution in [1.82, 2.24) is 24.5 Å². The summed E-state index contributed by atoms with van der Waals surface area (Å²) in [6.07, 6.45) is 3.88. The molecule has 0 unspecified atom stereocenters. The van der Waals surface area contributed by atoms with Crippen LogP contribution in [-0.4, -0.2) is 38.2 Å². The molecule has 1 aliphatic heterocycles. The van der Waals surface area contributed by atoms with Gasteiger partial charge in [0.05, 0.1) is 0 Å². The molecule has 3 heterocycles. The molecule has 10 heteroatoms. The smallest absolute Gasteiger partial charge is 0.352 e. The number of nitrogens with zero attached hydrogens (tertiary/aromatic N) is 5. The number of piperidine rings is 1. The molecule has 30 heavy (non-hydrogen) atoms. The summed E-state index contributed by atoms with van der Waals surface area (Å²) < 4.78 is 28.9. The minimum absolute atomic E-state index is 0.122. The van der Waals surface area contributed by atoms with Crippen LogP contribution in [0.5, 0.6) is 0 Å². The van der Waals surface area contributed by atoms with E-state index in [1.54, 1.807) is 12.3 Å². The lowest BCUT2D eigenvalue weighted by atomic mass is 10.0. The number of hydrogen-bond acceptors (Lipinski definition) is 5. The van der Waals surface area contributed by atoms with Gasteiger partial charge in [0.15, 0.2) is 0 Å². The van der Waals surface area contributed by atoms with E-state index in [0.29, 0.717) is 5.92 Å². The van der Waals surface area contributed by atoms with E-state index in [4.69, 9.17) is 0 Å². The van der Waals surface area contributed by atoms with Crippen LogP contribution in [0, 0.1) is 17.6 Å². The van der Waals surface area contributed by atoms with Crippen molar-refractivity contribution >= 4 is 17.5 Å². The summed E-state index contributed by atoms with van der Waals surface area (Å²) in [5.41, 5.74) is -0.339. The summed E-state index contributed by atoms with van der Waals surface area (Å²) >= 11 is 0. The van der Waals surface area contributed by atoms with Gasteiger partial charge in [-0.2, -0.15) is 4.98 Å². The predicted molar refractivity (Wildman–Crippen MR) is 106 cm³/mol. The maximum Gasteiger partial charge on any atom is 0.352 e. The molecule has 1 N–H and O–H groups in total. The number of fused-ring (bicyclic) bond motifs is 1. The van der Waals surface area contributed by atoms with Gasteiger partial charge in [-0.15, -0.1) is 5.10 Å². The Balaban J connectivity index is 1.46. The third-order valence-electron chi connectivity index (χ3n) is 5.21. The number of halogens is 2. The molecule has 0 aliphatic carbocycles. The van der Waals surface area contributed by atoms with Gasteiger partial charge in [-0.25, -0.2) is 22.7 Å². The van der Waals surface area contributed by atoms with Gasteiger partial charge in [0.2, 0.25) is 5.91 Å². The first-order valence-electron chi connectivity index (χ1n) is 9.82. The van der Waals surface area contributed by atoms with Crippen LogP contribution in [0.15, 0.2) is 35.3 Å². The third-order valence-corrected chi connectivity index (χ3v) is 5.21. The zero-order valence-electron chi connectivity index (χ0n) is 16.5. The Labute approximate surface area is 171 Å². The van der Waals surface area contributed by atoms with E-state index >= 15 is 0 Å². The lowest BCUT2D eigenvalue weighted by Crippen LogP contribution is -2.35. The fraction of sp³-hybridized carbons (Fsp3) is 0.400. The summed E-state index contributed by atoms with van der Waals surface area (Å²) in [5, 5.41) is 6.66. The van der Waals surface area contributed by atoms with E-state index in [2.05, 4.69) is 27.2 Å². The van der Waals surface area contributed by atoms with Gasteiger partial charge in [-0.3, -0.25) is 4.79 Å². The van der Waals surface area contributed by atoms with Crippen molar-refractivity contribution in [3.8, 4) is 0 Å². The van der Waals surface area contributed by atoms with Crippen LogP contribution >= 0.6 is 0 Å². The molecule has 1 atom stereocenters. The van der Waals surface area contributed by atoms with Crippen molar-refractivity contribution in [1.29, 1.82) is 0 Å². The lowest BCUT2D eigenvalue weighted by molar-refractivity contribution is -0.122. The van der Waals surface area contributed by atoms with E-state index in [1.807, 2.05) is 0 Å². The molecule has 1 amide bonds. The van der Waals surface area contributed by atoms with Crippen LogP contribution < -0.4 is 15.9 Å². The fourth-order valence-electron chi connectivity index (χ4n) is 3.62. The minimum atomic E-state index is -0.746. The van der Waals surface area contributed by atoms with E-state index in [0.717, 1.165) is 42.1 Å². The highest BCUT2D eigenvalue weighted by Gasteiger charge is 2.19. The second-order valence-electron chi connectivity index (χ2n) is 7.60. The van der Waals surface area contributed by atoms with Gasteiger partial charge in [-0.1, -0.05) is 13.0 Å². The van der Waals surface area contributed by atoms with E-state index in [1.165, 1.54) is 16.9 Å². The Morgan fingerprint density at radius 1 is 1.30 bits per heavy atom. The topological polar surface area (TPSA) is 84.5 Å². The Morgan fingerprint density at radius 3 is 2.90 bits per heavy atom. The number of benzene rings is 1. The van der Waals surface area contributed by atoms with Crippen molar-refractivity contribution in [3.63, 3.8) is 0 Å². The molecule has 4 rings (SSSR count). The largest absolute Gasteiger partial charge is 0.356 e. The molecule has 1 fully saturated rings. The van der Waals surface area contributed by atoms with Crippen LogP contribution in [-0.2, 0) is 17.9 Å². The minimum Gasteiger partial charge on any atom is -0.356 e. The van der Waals surface area contributed by atoms with E-state index < -0.39 is 23.2 Å². The van der Waals surface area contributed by atoms with Gasteiger partial charge in [0.25, 0.3) is 5.78 Å². The first-order chi connectivity index (χ1) is 14.4. The van der Waals surface area contributed by atoms with Gasteiger partial charge in [-0.05, 0) is 30.9 Å². The van der Waals surface area contributed by atoms with Gasteiger partial charge >= 0.3 is 5.69 Å². The van der Waals surface area contributed by atoms with Crippen LogP contribution in [0.4, 0.5) is 14.6 Å². The number of carbonyl (C=O) groups is 1. The molecule has 1 aliphatic rings. The summed E-state index contributed by atoms with van der Waals surface area (Å²) in [4.78, 5) is 31.3. The average Bonchev–Trinajstić information content (AvgIpc) is 3.02. The number of carbonyl (C=O) groups excluding carboxylic acids is 1. The summed E-state index contributed by atoms with van der Waals surface area (Å²) in [5.74, 6) is -0.412. The predicted octanol–water partition coefficient (Wildman–Crippen LogP) is 1.72.